The second-order valence-corrected chi connectivity index (χ2v) is 6.17. The van der Waals surface area contributed by atoms with Crippen LogP contribution in [0.4, 0.5) is 0 Å². The van der Waals surface area contributed by atoms with Gasteiger partial charge in [0.2, 0.25) is 10.0 Å². The van der Waals surface area contributed by atoms with Crippen LogP contribution in [0, 0.1) is 0 Å². The number of H-pyrrole nitrogens is 2. The van der Waals surface area contributed by atoms with Gasteiger partial charge in [0.15, 0.2) is 4.90 Å². The van der Waals surface area contributed by atoms with Gasteiger partial charge in [0.05, 0.1) is 0 Å². The standard InChI is InChI=1S/C10H16N4O4S/c15-9-8(6-12-10(16)14-9)19(17,18)13-5-7-3-1-2-4-11-7/h6-7,11,13H,1-5H2,(H2,12,14,15,16). The zero-order valence-corrected chi connectivity index (χ0v) is 11.0. The van der Waals surface area contributed by atoms with E-state index in [4.69, 9.17) is 0 Å². The quantitative estimate of drug-likeness (QED) is 0.536. The molecule has 1 fully saturated rings. The molecule has 106 valence electrons. The molecule has 1 saturated heterocycles. The van der Waals surface area contributed by atoms with E-state index in [0.29, 0.717) is 0 Å². The lowest BCUT2D eigenvalue weighted by molar-refractivity contribution is 0.398. The molecule has 9 heteroatoms. The molecule has 1 aromatic rings. The van der Waals surface area contributed by atoms with Crippen LogP contribution in [0.1, 0.15) is 19.3 Å². The van der Waals surface area contributed by atoms with Crippen LogP contribution in [0.3, 0.4) is 0 Å². The summed E-state index contributed by atoms with van der Waals surface area (Å²) in [6.07, 6.45) is 3.93. The van der Waals surface area contributed by atoms with E-state index in [2.05, 4.69) is 15.0 Å². The molecular weight excluding hydrogens is 272 g/mol. The molecule has 1 aliphatic heterocycles. The molecule has 0 radical (unpaired) electrons. The molecule has 0 aromatic carbocycles. The Labute approximate surface area is 109 Å². The van der Waals surface area contributed by atoms with Gasteiger partial charge >= 0.3 is 5.69 Å². The van der Waals surface area contributed by atoms with Gasteiger partial charge in [-0.2, -0.15) is 0 Å². The van der Waals surface area contributed by atoms with E-state index in [1.807, 2.05) is 4.98 Å². The van der Waals surface area contributed by atoms with Crippen LogP contribution in [0.2, 0.25) is 0 Å². The molecule has 4 N–H and O–H groups in total. The number of aromatic nitrogens is 2. The van der Waals surface area contributed by atoms with E-state index in [0.717, 1.165) is 32.0 Å². The van der Waals surface area contributed by atoms with E-state index in [1.165, 1.54) is 0 Å². The third kappa shape index (κ3) is 3.52. The zero-order chi connectivity index (χ0) is 13.9. The van der Waals surface area contributed by atoms with Crippen LogP contribution < -0.4 is 21.3 Å². The summed E-state index contributed by atoms with van der Waals surface area (Å²) in [6.45, 7) is 1.09. The molecule has 1 atom stereocenters. The van der Waals surface area contributed by atoms with E-state index in [-0.39, 0.29) is 12.6 Å². The Morgan fingerprint density at radius 2 is 2.11 bits per heavy atom. The highest BCUT2D eigenvalue weighted by atomic mass is 32.2. The molecule has 0 amide bonds. The first-order valence-electron chi connectivity index (χ1n) is 6.04. The number of sulfonamides is 1. The van der Waals surface area contributed by atoms with Crippen molar-refractivity contribution in [3.05, 3.63) is 27.0 Å². The summed E-state index contributed by atoms with van der Waals surface area (Å²) in [6, 6.07) is 0.0744. The maximum Gasteiger partial charge on any atom is 0.325 e. The van der Waals surface area contributed by atoms with Gasteiger partial charge in [0.1, 0.15) is 0 Å². The molecule has 2 heterocycles. The summed E-state index contributed by atoms with van der Waals surface area (Å²) in [7, 11) is -3.91. The van der Waals surface area contributed by atoms with Crippen molar-refractivity contribution in [2.75, 3.05) is 13.1 Å². The van der Waals surface area contributed by atoms with Gasteiger partial charge in [-0.05, 0) is 19.4 Å². The third-order valence-electron chi connectivity index (χ3n) is 3.01. The minimum Gasteiger partial charge on any atom is -0.313 e. The maximum atomic E-state index is 11.9. The average molecular weight is 288 g/mol. The number of nitrogens with one attached hydrogen (secondary N) is 4. The normalized spacial score (nSPS) is 20.3. The Balaban J connectivity index is 2.09. The Kier molecular flexibility index (Phi) is 4.17. The number of piperidine rings is 1. The smallest absolute Gasteiger partial charge is 0.313 e. The van der Waals surface area contributed by atoms with Crippen LogP contribution in [0.5, 0.6) is 0 Å². The van der Waals surface area contributed by atoms with Crippen molar-refractivity contribution < 1.29 is 8.42 Å². The van der Waals surface area contributed by atoms with Crippen molar-refractivity contribution >= 4 is 10.0 Å². The van der Waals surface area contributed by atoms with Crippen molar-refractivity contribution in [3.63, 3.8) is 0 Å². The van der Waals surface area contributed by atoms with Crippen LogP contribution in [0.15, 0.2) is 20.7 Å². The van der Waals surface area contributed by atoms with E-state index < -0.39 is 26.2 Å². The number of aromatic amines is 2. The first-order chi connectivity index (χ1) is 8.99. The monoisotopic (exact) mass is 288 g/mol. The van der Waals surface area contributed by atoms with E-state index >= 15 is 0 Å². The molecule has 0 bridgehead atoms. The largest absolute Gasteiger partial charge is 0.325 e. The Morgan fingerprint density at radius 1 is 1.32 bits per heavy atom. The molecule has 2 rings (SSSR count). The third-order valence-corrected chi connectivity index (χ3v) is 4.44. The number of hydrogen-bond acceptors (Lipinski definition) is 5. The molecular formula is C10H16N4O4S. The van der Waals surface area contributed by atoms with Gasteiger partial charge in [-0.25, -0.2) is 17.9 Å². The summed E-state index contributed by atoms with van der Waals surface area (Å²) in [5.74, 6) is 0. The zero-order valence-electron chi connectivity index (χ0n) is 10.2. The van der Waals surface area contributed by atoms with Gasteiger partial charge in [0.25, 0.3) is 5.56 Å². The first kappa shape index (κ1) is 14.0. The summed E-state index contributed by atoms with van der Waals surface area (Å²) in [4.78, 5) is 25.8. The minimum absolute atomic E-state index is 0.0744. The van der Waals surface area contributed by atoms with Gasteiger partial charge in [-0.1, -0.05) is 6.42 Å². The van der Waals surface area contributed by atoms with E-state index in [9.17, 15) is 18.0 Å². The molecule has 0 saturated carbocycles. The molecule has 19 heavy (non-hydrogen) atoms. The average Bonchev–Trinajstić information content (AvgIpc) is 2.37. The van der Waals surface area contributed by atoms with Crippen molar-refractivity contribution in [1.82, 2.24) is 20.0 Å². The summed E-state index contributed by atoms with van der Waals surface area (Å²) >= 11 is 0. The summed E-state index contributed by atoms with van der Waals surface area (Å²) < 4.78 is 26.2. The number of rotatable bonds is 4. The second kappa shape index (κ2) is 5.68. The predicted octanol–water partition coefficient (Wildman–Crippen LogP) is -1.52. The molecule has 0 aliphatic carbocycles. The van der Waals surface area contributed by atoms with E-state index in [1.54, 1.807) is 0 Å². The molecule has 8 nitrogen and oxygen atoms in total. The van der Waals surface area contributed by atoms with Crippen molar-refractivity contribution in [3.8, 4) is 0 Å². The summed E-state index contributed by atoms with van der Waals surface area (Å²) in [5.41, 5.74) is -1.66. The highest BCUT2D eigenvalue weighted by Gasteiger charge is 2.21. The number of hydrogen-bond donors (Lipinski definition) is 4. The van der Waals surface area contributed by atoms with Crippen LogP contribution in [-0.2, 0) is 10.0 Å². The Hall–Kier alpha value is -1.45. The van der Waals surface area contributed by atoms with Gasteiger partial charge in [-0.3, -0.25) is 9.78 Å². The van der Waals surface area contributed by atoms with Crippen LogP contribution >= 0.6 is 0 Å². The van der Waals surface area contributed by atoms with Crippen LogP contribution in [0.25, 0.3) is 0 Å². The molecule has 1 unspecified atom stereocenters. The van der Waals surface area contributed by atoms with Gasteiger partial charge < -0.3 is 10.3 Å². The SMILES string of the molecule is O=c1[nH]cc(S(=O)(=O)NCC2CCCCN2)c(=O)[nH]1. The lowest BCUT2D eigenvalue weighted by atomic mass is 10.1. The molecule has 1 aliphatic rings. The predicted molar refractivity (Wildman–Crippen MR) is 68.5 cm³/mol. The van der Waals surface area contributed by atoms with Crippen molar-refractivity contribution in [2.24, 2.45) is 0 Å². The highest BCUT2D eigenvalue weighted by Crippen LogP contribution is 2.07. The lowest BCUT2D eigenvalue weighted by Gasteiger charge is -2.23. The Bertz CT molecular complexity index is 642. The lowest BCUT2D eigenvalue weighted by Crippen LogP contribution is -2.44. The van der Waals surface area contributed by atoms with Crippen molar-refractivity contribution in [2.45, 2.75) is 30.2 Å². The van der Waals surface area contributed by atoms with Gasteiger partial charge in [-0.15, -0.1) is 0 Å². The van der Waals surface area contributed by atoms with Crippen LogP contribution in [-0.4, -0.2) is 37.5 Å². The fourth-order valence-corrected chi connectivity index (χ4v) is 3.07. The minimum atomic E-state index is -3.91. The fraction of sp³-hybridized carbons (Fsp3) is 0.600. The molecule has 1 aromatic heterocycles. The first-order valence-corrected chi connectivity index (χ1v) is 7.52. The topological polar surface area (TPSA) is 124 Å². The fourth-order valence-electron chi connectivity index (χ4n) is 1.98. The Morgan fingerprint density at radius 3 is 2.74 bits per heavy atom. The second-order valence-electron chi connectivity index (χ2n) is 4.43. The van der Waals surface area contributed by atoms with Crippen molar-refractivity contribution in [1.29, 1.82) is 0 Å². The summed E-state index contributed by atoms with van der Waals surface area (Å²) in [5, 5.41) is 3.20. The van der Waals surface area contributed by atoms with Gasteiger partial charge in [0, 0.05) is 18.8 Å². The molecule has 0 spiro atoms. The maximum absolute atomic E-state index is 11.9. The highest BCUT2D eigenvalue weighted by molar-refractivity contribution is 7.89.